The Morgan fingerprint density at radius 3 is 2.66 bits per heavy atom. The zero-order chi connectivity index (χ0) is 22.7. The van der Waals surface area contributed by atoms with Gasteiger partial charge in [-0.05, 0) is 37.0 Å². The van der Waals surface area contributed by atoms with E-state index in [2.05, 4.69) is 15.2 Å². The fraction of sp³-hybridized carbons (Fsp3) is 0.435. The summed E-state index contributed by atoms with van der Waals surface area (Å²) in [4.78, 5) is 20.3. The lowest BCUT2D eigenvalue weighted by molar-refractivity contribution is 0.352. The van der Waals surface area contributed by atoms with Crippen molar-refractivity contribution in [3.63, 3.8) is 0 Å². The van der Waals surface area contributed by atoms with Gasteiger partial charge in [0.25, 0.3) is 5.56 Å². The fourth-order valence-corrected chi connectivity index (χ4v) is 5.39. The molecule has 0 saturated heterocycles. The number of aromatic nitrogens is 4. The van der Waals surface area contributed by atoms with Gasteiger partial charge >= 0.3 is 0 Å². The van der Waals surface area contributed by atoms with Gasteiger partial charge in [-0.1, -0.05) is 62.4 Å². The third-order valence-electron chi connectivity index (χ3n) is 5.97. The van der Waals surface area contributed by atoms with Crippen LogP contribution < -0.4 is 5.56 Å². The molecule has 1 aromatic carbocycles. The van der Waals surface area contributed by atoms with Crippen molar-refractivity contribution >= 4 is 23.4 Å². The molecule has 170 valence electrons. The molecule has 1 aliphatic carbocycles. The van der Waals surface area contributed by atoms with Gasteiger partial charge in [-0.3, -0.25) is 9.89 Å². The van der Waals surface area contributed by atoms with Crippen molar-refractivity contribution in [3.05, 3.63) is 62.2 Å². The van der Waals surface area contributed by atoms with Gasteiger partial charge < -0.3 is 4.98 Å². The fourth-order valence-electron chi connectivity index (χ4n) is 4.23. The van der Waals surface area contributed by atoms with Gasteiger partial charge in [0.15, 0.2) is 16.8 Å². The highest BCUT2D eigenvalue weighted by Crippen LogP contribution is 2.32. The molecule has 0 atom stereocenters. The number of H-pyrrole nitrogens is 2. The van der Waals surface area contributed by atoms with Gasteiger partial charge in [0.1, 0.15) is 0 Å². The molecule has 5 nitrogen and oxygen atoms in total. The van der Waals surface area contributed by atoms with Crippen molar-refractivity contribution in [2.75, 3.05) is 0 Å². The van der Waals surface area contributed by atoms with Crippen LogP contribution >= 0.6 is 23.4 Å². The van der Waals surface area contributed by atoms with E-state index < -0.39 is 11.6 Å². The predicted octanol–water partition coefficient (Wildman–Crippen LogP) is 6.07. The highest BCUT2D eigenvalue weighted by Gasteiger charge is 2.20. The van der Waals surface area contributed by atoms with E-state index in [9.17, 15) is 13.6 Å². The van der Waals surface area contributed by atoms with E-state index in [0.29, 0.717) is 45.2 Å². The molecule has 0 radical (unpaired) electrons. The molecule has 2 aromatic heterocycles. The minimum Gasteiger partial charge on any atom is -0.301 e. The number of nitrogens with one attached hydrogen (secondary N) is 2. The Balaban J connectivity index is 1.51. The first kappa shape index (κ1) is 23.0. The van der Waals surface area contributed by atoms with E-state index in [1.54, 1.807) is 0 Å². The monoisotopic (exact) mass is 478 g/mol. The van der Waals surface area contributed by atoms with Crippen molar-refractivity contribution < 1.29 is 8.78 Å². The van der Waals surface area contributed by atoms with Crippen molar-refractivity contribution in [1.29, 1.82) is 0 Å². The van der Waals surface area contributed by atoms with E-state index in [1.165, 1.54) is 49.9 Å². The maximum absolute atomic E-state index is 13.6. The summed E-state index contributed by atoms with van der Waals surface area (Å²) in [7, 11) is 0. The SMILES string of the molecule is CCc1c(CC2CCCCC2)nc(SCc2n[nH]c(-c3ccc(F)c(F)c3)c2Cl)[nH]c1=O. The Morgan fingerprint density at radius 2 is 1.94 bits per heavy atom. The van der Waals surface area contributed by atoms with Gasteiger partial charge in [0, 0.05) is 16.9 Å². The first-order valence-corrected chi connectivity index (χ1v) is 12.3. The van der Waals surface area contributed by atoms with Crippen LogP contribution in [0.15, 0.2) is 28.2 Å². The molecule has 2 N–H and O–H groups in total. The molecule has 0 bridgehead atoms. The Kier molecular flexibility index (Phi) is 7.30. The standard InChI is InChI=1S/C23H25ClF2N4OS/c1-2-15-18(10-13-6-4-3-5-7-13)27-23(28-22(15)31)32-12-19-20(24)21(30-29-19)14-8-9-16(25)17(26)11-14/h8-9,11,13H,2-7,10,12H2,1H3,(H,29,30)(H,27,28,31). The van der Waals surface area contributed by atoms with Gasteiger partial charge in [0.2, 0.25) is 0 Å². The third-order valence-corrected chi connectivity index (χ3v) is 7.26. The maximum atomic E-state index is 13.6. The number of hydrogen-bond donors (Lipinski definition) is 2. The van der Waals surface area contributed by atoms with Crippen LogP contribution in [-0.2, 0) is 18.6 Å². The molecule has 32 heavy (non-hydrogen) atoms. The van der Waals surface area contributed by atoms with E-state index in [1.807, 2.05) is 6.92 Å². The highest BCUT2D eigenvalue weighted by atomic mass is 35.5. The Morgan fingerprint density at radius 1 is 1.16 bits per heavy atom. The Bertz CT molecular complexity index is 1160. The normalized spacial score (nSPS) is 14.8. The topological polar surface area (TPSA) is 74.4 Å². The van der Waals surface area contributed by atoms with Crippen molar-refractivity contribution in [2.45, 2.75) is 62.8 Å². The van der Waals surface area contributed by atoms with Crippen molar-refractivity contribution in [2.24, 2.45) is 5.92 Å². The molecule has 9 heteroatoms. The molecule has 0 amide bonds. The number of benzene rings is 1. The van der Waals surface area contributed by atoms with Crippen LogP contribution in [0.25, 0.3) is 11.3 Å². The lowest BCUT2D eigenvalue weighted by Crippen LogP contribution is -2.21. The highest BCUT2D eigenvalue weighted by molar-refractivity contribution is 7.98. The van der Waals surface area contributed by atoms with Crippen LogP contribution in [0.1, 0.15) is 56.0 Å². The largest absolute Gasteiger partial charge is 0.301 e. The van der Waals surface area contributed by atoms with Gasteiger partial charge in [-0.15, -0.1) is 0 Å². The van der Waals surface area contributed by atoms with Gasteiger partial charge in [0.05, 0.1) is 22.1 Å². The Hall–Kier alpha value is -2.19. The van der Waals surface area contributed by atoms with Crippen molar-refractivity contribution in [3.8, 4) is 11.3 Å². The second-order valence-electron chi connectivity index (χ2n) is 8.13. The number of aromatic amines is 2. The summed E-state index contributed by atoms with van der Waals surface area (Å²) in [5, 5.41) is 7.88. The second-order valence-corrected chi connectivity index (χ2v) is 9.48. The summed E-state index contributed by atoms with van der Waals surface area (Å²) in [6.45, 7) is 1.98. The zero-order valence-electron chi connectivity index (χ0n) is 17.8. The van der Waals surface area contributed by atoms with Crippen LogP contribution in [0, 0.1) is 17.6 Å². The molecule has 1 fully saturated rings. The molecule has 4 rings (SSSR count). The maximum Gasteiger partial charge on any atom is 0.254 e. The smallest absolute Gasteiger partial charge is 0.254 e. The second kappa shape index (κ2) is 10.2. The summed E-state index contributed by atoms with van der Waals surface area (Å²) >= 11 is 7.78. The Labute approximate surface area is 194 Å². The van der Waals surface area contributed by atoms with Gasteiger partial charge in [-0.2, -0.15) is 5.10 Å². The average molecular weight is 479 g/mol. The van der Waals surface area contributed by atoms with E-state index in [0.717, 1.165) is 29.8 Å². The molecular weight excluding hydrogens is 454 g/mol. The van der Waals surface area contributed by atoms with Crippen molar-refractivity contribution in [1.82, 2.24) is 20.2 Å². The number of nitrogens with zero attached hydrogens (tertiary/aromatic N) is 2. The van der Waals surface area contributed by atoms with Crippen LogP contribution in [0.5, 0.6) is 0 Å². The van der Waals surface area contributed by atoms with Gasteiger partial charge in [-0.25, -0.2) is 13.8 Å². The minimum atomic E-state index is -0.952. The summed E-state index contributed by atoms with van der Waals surface area (Å²) in [6.07, 6.45) is 7.65. The molecule has 3 aromatic rings. The quantitative estimate of drug-likeness (QED) is 0.319. The third kappa shape index (κ3) is 5.07. The summed E-state index contributed by atoms with van der Waals surface area (Å²) in [6, 6.07) is 3.56. The first-order valence-electron chi connectivity index (χ1n) is 10.9. The molecule has 1 aliphatic rings. The summed E-state index contributed by atoms with van der Waals surface area (Å²) in [5.74, 6) is -0.918. The average Bonchev–Trinajstić information content (AvgIpc) is 3.15. The number of thioether (sulfide) groups is 1. The minimum absolute atomic E-state index is 0.0913. The lowest BCUT2D eigenvalue weighted by atomic mass is 9.85. The molecule has 2 heterocycles. The molecule has 0 aliphatic heterocycles. The molecule has 0 unspecified atom stereocenters. The zero-order valence-corrected chi connectivity index (χ0v) is 19.4. The van der Waals surface area contributed by atoms with Crippen LogP contribution in [0.3, 0.4) is 0 Å². The summed E-state index contributed by atoms with van der Waals surface area (Å²) in [5.41, 5.74) is 2.94. The summed E-state index contributed by atoms with van der Waals surface area (Å²) < 4.78 is 26.8. The van der Waals surface area contributed by atoms with Crippen LogP contribution in [-0.4, -0.2) is 20.2 Å². The number of rotatable bonds is 7. The van der Waals surface area contributed by atoms with E-state index >= 15 is 0 Å². The van der Waals surface area contributed by atoms with E-state index in [4.69, 9.17) is 16.6 Å². The first-order chi connectivity index (χ1) is 15.5. The van der Waals surface area contributed by atoms with Crippen LogP contribution in [0.2, 0.25) is 5.02 Å². The van der Waals surface area contributed by atoms with E-state index in [-0.39, 0.29) is 5.56 Å². The molecular formula is C23H25ClF2N4OS. The molecule has 0 spiro atoms. The number of hydrogen-bond acceptors (Lipinski definition) is 4. The van der Waals surface area contributed by atoms with Crippen LogP contribution in [0.4, 0.5) is 8.78 Å². The lowest BCUT2D eigenvalue weighted by Gasteiger charge is -2.22. The molecule has 1 saturated carbocycles. The number of halogens is 3. The predicted molar refractivity (Wildman–Crippen MR) is 123 cm³/mol.